The van der Waals surface area contributed by atoms with E-state index in [2.05, 4.69) is 36.2 Å². The number of hydrogen-bond donors (Lipinski definition) is 2. The molecule has 1 aromatic carbocycles. The van der Waals surface area contributed by atoms with E-state index in [4.69, 9.17) is 0 Å². The zero-order chi connectivity index (χ0) is 16.2. The van der Waals surface area contributed by atoms with Crippen LogP contribution in [0.1, 0.15) is 12.1 Å². The lowest BCUT2D eigenvalue weighted by molar-refractivity contribution is -0.116. The molecule has 0 atom stereocenters. The first-order chi connectivity index (χ1) is 11.1. The molecule has 0 spiro atoms. The summed E-state index contributed by atoms with van der Waals surface area (Å²) in [5, 5.41) is 2.73. The minimum Gasteiger partial charge on any atom is -0.325 e. The van der Waals surface area contributed by atoms with Crippen molar-refractivity contribution in [1.82, 2.24) is 15.0 Å². The predicted octanol–water partition coefficient (Wildman–Crippen LogP) is 2.65. The quantitative estimate of drug-likeness (QED) is 0.689. The number of aromatic nitrogens is 3. The van der Waals surface area contributed by atoms with Crippen LogP contribution in [0.4, 0.5) is 5.69 Å². The number of halogens is 1. The predicted molar refractivity (Wildman–Crippen MR) is 91.3 cm³/mol. The van der Waals surface area contributed by atoms with E-state index >= 15 is 0 Å². The molecule has 0 aliphatic rings. The first kappa shape index (κ1) is 15.4. The van der Waals surface area contributed by atoms with Crippen LogP contribution >= 0.6 is 15.9 Å². The molecule has 2 N–H and O–H groups in total. The summed E-state index contributed by atoms with van der Waals surface area (Å²) in [7, 11) is 0. The molecule has 7 heteroatoms. The highest BCUT2D eigenvalue weighted by molar-refractivity contribution is 9.10. The minimum atomic E-state index is -0.262. The zero-order valence-electron chi connectivity index (χ0n) is 12.0. The first-order valence-corrected chi connectivity index (χ1v) is 7.80. The van der Waals surface area contributed by atoms with Crippen molar-refractivity contribution in [2.24, 2.45) is 0 Å². The van der Waals surface area contributed by atoms with Gasteiger partial charge in [0.2, 0.25) is 5.91 Å². The molecule has 0 saturated carbocycles. The van der Waals surface area contributed by atoms with Crippen LogP contribution in [0.25, 0.3) is 11.0 Å². The summed E-state index contributed by atoms with van der Waals surface area (Å²) in [6.07, 6.45) is 2.00. The van der Waals surface area contributed by atoms with E-state index in [0.717, 1.165) is 0 Å². The molecule has 0 aliphatic carbocycles. The number of para-hydroxylation sites is 2. The van der Waals surface area contributed by atoms with Gasteiger partial charge in [-0.1, -0.05) is 12.1 Å². The van der Waals surface area contributed by atoms with E-state index in [1.165, 1.54) is 0 Å². The van der Waals surface area contributed by atoms with Gasteiger partial charge in [-0.25, -0.2) is 9.97 Å². The van der Waals surface area contributed by atoms with Gasteiger partial charge in [0.25, 0.3) is 5.56 Å². The van der Waals surface area contributed by atoms with Crippen molar-refractivity contribution >= 4 is 38.6 Å². The third kappa shape index (κ3) is 3.81. The van der Waals surface area contributed by atoms with Crippen molar-refractivity contribution in [3.8, 4) is 0 Å². The summed E-state index contributed by atoms with van der Waals surface area (Å²) in [5.74, 6) is -0.191. The van der Waals surface area contributed by atoms with Gasteiger partial charge in [-0.3, -0.25) is 9.59 Å². The van der Waals surface area contributed by atoms with Crippen LogP contribution in [0.5, 0.6) is 0 Å². The number of aryl methyl sites for hydroxylation is 1. The van der Waals surface area contributed by atoms with Gasteiger partial charge >= 0.3 is 0 Å². The third-order valence-electron chi connectivity index (χ3n) is 3.27. The van der Waals surface area contributed by atoms with Crippen LogP contribution in [0.2, 0.25) is 0 Å². The summed E-state index contributed by atoms with van der Waals surface area (Å²) >= 11 is 3.23. The number of pyridine rings is 1. The number of anilines is 1. The van der Waals surface area contributed by atoms with Crippen LogP contribution in [0.3, 0.4) is 0 Å². The summed E-state index contributed by atoms with van der Waals surface area (Å²) in [4.78, 5) is 35.1. The number of aromatic amines is 1. The average Bonchev–Trinajstić information content (AvgIpc) is 2.55. The molecule has 116 valence electrons. The summed E-state index contributed by atoms with van der Waals surface area (Å²) in [6, 6.07) is 10.8. The van der Waals surface area contributed by atoms with Gasteiger partial charge in [-0.05, 0) is 40.2 Å². The van der Waals surface area contributed by atoms with Gasteiger partial charge in [0.05, 0.1) is 22.9 Å². The molecule has 0 bridgehead atoms. The Kier molecular flexibility index (Phi) is 4.47. The lowest BCUT2D eigenvalue weighted by atomic mass is 10.2. The Hall–Kier alpha value is -2.54. The monoisotopic (exact) mass is 372 g/mol. The van der Waals surface area contributed by atoms with Gasteiger partial charge in [-0.15, -0.1) is 0 Å². The number of nitrogens with zero attached hydrogens (tertiary/aromatic N) is 2. The second-order valence-corrected chi connectivity index (χ2v) is 5.76. The minimum absolute atomic E-state index is 0.171. The number of amides is 1. The van der Waals surface area contributed by atoms with E-state index in [0.29, 0.717) is 27.0 Å². The Bertz CT molecular complexity index is 906. The third-order valence-corrected chi connectivity index (χ3v) is 3.74. The topological polar surface area (TPSA) is 87.7 Å². The Labute approximate surface area is 140 Å². The number of rotatable bonds is 4. The molecule has 2 heterocycles. The largest absolute Gasteiger partial charge is 0.325 e. The molecular formula is C16H13BrN4O2. The summed E-state index contributed by atoms with van der Waals surface area (Å²) < 4.78 is 0.697. The normalized spacial score (nSPS) is 10.7. The van der Waals surface area contributed by atoms with Gasteiger partial charge in [0, 0.05) is 12.8 Å². The lowest BCUT2D eigenvalue weighted by Crippen LogP contribution is -2.19. The average molecular weight is 373 g/mol. The molecule has 3 aromatic rings. The maximum absolute atomic E-state index is 12.0. The number of carbonyl (C=O) groups excluding carboxylic acids is 1. The zero-order valence-corrected chi connectivity index (χ0v) is 13.6. The van der Waals surface area contributed by atoms with Crippen molar-refractivity contribution in [2.45, 2.75) is 12.8 Å². The number of fused-ring (bicyclic) bond motifs is 1. The van der Waals surface area contributed by atoms with Gasteiger partial charge in [0.1, 0.15) is 10.3 Å². The van der Waals surface area contributed by atoms with Crippen LogP contribution < -0.4 is 10.9 Å². The van der Waals surface area contributed by atoms with E-state index in [1.807, 2.05) is 18.2 Å². The molecular weight excluding hydrogens is 360 g/mol. The molecule has 23 heavy (non-hydrogen) atoms. The van der Waals surface area contributed by atoms with Crippen molar-refractivity contribution in [1.29, 1.82) is 0 Å². The maximum Gasteiger partial charge on any atom is 0.270 e. The van der Waals surface area contributed by atoms with Crippen LogP contribution in [-0.4, -0.2) is 20.9 Å². The van der Waals surface area contributed by atoms with Crippen molar-refractivity contribution in [2.75, 3.05) is 5.32 Å². The fraction of sp³-hybridized carbons (Fsp3) is 0.125. The van der Waals surface area contributed by atoms with E-state index in [1.54, 1.807) is 24.4 Å². The molecule has 0 unspecified atom stereocenters. The fourth-order valence-corrected chi connectivity index (χ4v) is 2.38. The van der Waals surface area contributed by atoms with Crippen LogP contribution in [-0.2, 0) is 11.2 Å². The SMILES string of the molecule is O=C(CCc1nc2ccccc2[nH]c1=O)Nc1ccc(Br)nc1. The molecule has 0 radical (unpaired) electrons. The van der Waals surface area contributed by atoms with Crippen molar-refractivity contribution < 1.29 is 4.79 Å². The second kappa shape index (κ2) is 6.70. The molecule has 0 saturated heterocycles. The highest BCUT2D eigenvalue weighted by atomic mass is 79.9. The molecule has 6 nitrogen and oxygen atoms in total. The second-order valence-electron chi connectivity index (χ2n) is 4.95. The highest BCUT2D eigenvalue weighted by Gasteiger charge is 2.08. The van der Waals surface area contributed by atoms with E-state index in [9.17, 15) is 9.59 Å². The number of hydrogen-bond acceptors (Lipinski definition) is 4. The summed E-state index contributed by atoms with van der Waals surface area (Å²) in [5.41, 5.74) is 2.10. The number of nitrogens with one attached hydrogen (secondary N) is 2. The fourth-order valence-electron chi connectivity index (χ4n) is 2.14. The lowest BCUT2D eigenvalue weighted by Gasteiger charge is -2.05. The van der Waals surface area contributed by atoms with Crippen LogP contribution in [0, 0.1) is 0 Å². The number of carbonyl (C=O) groups is 1. The molecule has 0 aliphatic heterocycles. The standard InChI is InChI=1S/C16H13BrN4O2/c17-14-7-5-10(9-18-14)19-15(22)8-6-13-16(23)21-12-4-2-1-3-11(12)20-13/h1-5,7,9H,6,8H2,(H,19,22)(H,21,23). The first-order valence-electron chi connectivity index (χ1n) is 7.01. The van der Waals surface area contributed by atoms with Crippen LogP contribution in [0.15, 0.2) is 52.0 Å². The van der Waals surface area contributed by atoms with E-state index < -0.39 is 0 Å². The van der Waals surface area contributed by atoms with Gasteiger partial charge in [0.15, 0.2) is 0 Å². The molecule has 0 fully saturated rings. The van der Waals surface area contributed by atoms with Gasteiger partial charge < -0.3 is 10.3 Å². The molecule has 2 aromatic heterocycles. The Morgan fingerprint density at radius 2 is 2.04 bits per heavy atom. The van der Waals surface area contributed by atoms with E-state index in [-0.39, 0.29) is 24.3 Å². The van der Waals surface area contributed by atoms with Gasteiger partial charge in [-0.2, -0.15) is 0 Å². The maximum atomic E-state index is 12.0. The smallest absolute Gasteiger partial charge is 0.270 e. The Morgan fingerprint density at radius 3 is 2.83 bits per heavy atom. The number of H-pyrrole nitrogens is 1. The molecule has 1 amide bonds. The highest BCUT2D eigenvalue weighted by Crippen LogP contribution is 2.11. The Morgan fingerprint density at radius 1 is 1.22 bits per heavy atom. The molecule has 3 rings (SSSR count). The van der Waals surface area contributed by atoms with Crippen molar-refractivity contribution in [3.05, 3.63) is 63.2 Å². The summed E-state index contributed by atoms with van der Waals surface area (Å²) in [6.45, 7) is 0. The number of benzene rings is 1. The Balaban J connectivity index is 1.68. The van der Waals surface area contributed by atoms with Crippen molar-refractivity contribution in [3.63, 3.8) is 0 Å².